The molecule has 4 heteroatoms. The number of unbranched alkanes of at least 4 members (excludes halogenated alkanes) is 10. The minimum absolute atomic E-state index is 0.0516. The molecular weight excluding hydrogens is 307 g/mol. The molecule has 0 spiro atoms. The van der Waals surface area contributed by atoms with Crippen LogP contribution in [-0.4, -0.2) is 15.9 Å². The van der Waals surface area contributed by atoms with E-state index in [1.54, 1.807) is 0 Å². The molecule has 0 saturated heterocycles. The quantitative estimate of drug-likeness (QED) is 0.337. The zero-order chi connectivity index (χ0) is 16.8. The maximum atomic E-state index is 10.7. The Morgan fingerprint density at radius 2 is 1.09 bits per heavy atom. The van der Waals surface area contributed by atoms with Gasteiger partial charge >= 0.3 is 7.60 Å². The highest BCUT2D eigenvalue weighted by atomic mass is 31.2. The Labute approximate surface area is 141 Å². The van der Waals surface area contributed by atoms with E-state index in [2.05, 4.69) is 30.3 Å². The minimum atomic E-state index is -3.77. The average Bonchev–Trinajstić information content (AvgIpc) is 2.52. The van der Waals surface area contributed by atoms with Crippen molar-refractivity contribution in [2.24, 2.45) is 0 Å². The Kier molecular flexibility index (Phi) is 11.3. The van der Waals surface area contributed by atoms with Gasteiger partial charge in [-0.2, -0.15) is 0 Å². The van der Waals surface area contributed by atoms with Crippen LogP contribution in [0.4, 0.5) is 0 Å². The van der Waals surface area contributed by atoms with Gasteiger partial charge in [0.05, 0.1) is 0 Å². The summed E-state index contributed by atoms with van der Waals surface area (Å²) in [7, 11) is -3.77. The molecule has 0 fully saturated rings. The first-order chi connectivity index (χ1) is 11.1. The Morgan fingerprint density at radius 3 is 1.57 bits per heavy atom. The molecule has 0 radical (unpaired) electrons. The van der Waals surface area contributed by atoms with Crippen LogP contribution in [0.1, 0.15) is 76.2 Å². The third kappa shape index (κ3) is 13.5. The lowest BCUT2D eigenvalue weighted by Gasteiger charge is -2.04. The van der Waals surface area contributed by atoms with Crippen molar-refractivity contribution in [3.63, 3.8) is 0 Å². The molecule has 1 rings (SSSR count). The summed E-state index contributed by atoms with van der Waals surface area (Å²) in [4.78, 5) is 17.5. The fourth-order valence-electron chi connectivity index (χ4n) is 2.88. The lowest BCUT2D eigenvalue weighted by atomic mass is 10.0. The standard InChI is InChI=1S/C19H33O3P/c20-23(21,22)18-14-9-7-5-3-1-2-4-6-8-11-15-19-16-12-10-13-17-19/h10,12-13,16-17H,1-9,11,14-15,18H2,(H2,20,21,22). The van der Waals surface area contributed by atoms with Gasteiger partial charge in [0.2, 0.25) is 0 Å². The molecule has 0 amide bonds. The van der Waals surface area contributed by atoms with Gasteiger partial charge in [0.1, 0.15) is 0 Å². The van der Waals surface area contributed by atoms with Crippen LogP contribution in [0.2, 0.25) is 0 Å². The van der Waals surface area contributed by atoms with Gasteiger partial charge in [0.15, 0.2) is 0 Å². The van der Waals surface area contributed by atoms with Crippen LogP contribution in [0, 0.1) is 0 Å². The second kappa shape index (κ2) is 12.8. The van der Waals surface area contributed by atoms with Crippen molar-refractivity contribution in [1.29, 1.82) is 0 Å². The fourth-order valence-corrected chi connectivity index (χ4v) is 3.52. The fraction of sp³-hybridized carbons (Fsp3) is 0.684. The molecule has 0 aliphatic rings. The van der Waals surface area contributed by atoms with Gasteiger partial charge in [-0.15, -0.1) is 0 Å². The summed E-state index contributed by atoms with van der Waals surface area (Å²) >= 11 is 0. The maximum absolute atomic E-state index is 10.7. The van der Waals surface area contributed by atoms with Gasteiger partial charge in [0, 0.05) is 6.16 Å². The summed E-state index contributed by atoms with van der Waals surface area (Å²) in [5, 5.41) is 0. The van der Waals surface area contributed by atoms with E-state index in [-0.39, 0.29) is 6.16 Å². The lowest BCUT2D eigenvalue weighted by molar-refractivity contribution is 0.370. The second-order valence-corrected chi connectivity index (χ2v) is 8.29. The summed E-state index contributed by atoms with van der Waals surface area (Å²) < 4.78 is 10.7. The van der Waals surface area contributed by atoms with Crippen molar-refractivity contribution in [2.45, 2.75) is 77.0 Å². The molecule has 3 nitrogen and oxygen atoms in total. The van der Waals surface area contributed by atoms with Crippen LogP contribution in [0.25, 0.3) is 0 Å². The number of benzene rings is 1. The van der Waals surface area contributed by atoms with Crippen molar-refractivity contribution in [2.75, 3.05) is 6.16 Å². The topological polar surface area (TPSA) is 57.5 Å². The lowest BCUT2D eigenvalue weighted by Crippen LogP contribution is -1.88. The molecule has 0 aromatic heterocycles. The summed E-state index contributed by atoms with van der Waals surface area (Å²) in [6, 6.07) is 10.7. The van der Waals surface area contributed by atoms with Crippen LogP contribution in [0.3, 0.4) is 0 Å². The first-order valence-corrected chi connectivity index (χ1v) is 11.0. The van der Waals surface area contributed by atoms with Gasteiger partial charge in [-0.3, -0.25) is 4.57 Å². The maximum Gasteiger partial charge on any atom is 0.325 e. The summed E-state index contributed by atoms with van der Waals surface area (Å²) in [6.07, 6.45) is 14.4. The summed E-state index contributed by atoms with van der Waals surface area (Å²) in [5.74, 6) is 0. The van der Waals surface area contributed by atoms with E-state index >= 15 is 0 Å². The molecule has 0 saturated carbocycles. The van der Waals surface area contributed by atoms with E-state index in [1.807, 2.05) is 0 Å². The SMILES string of the molecule is O=P(O)(O)CCCCCCCCCCCCCc1ccccc1. The van der Waals surface area contributed by atoms with Crippen molar-refractivity contribution in [3.05, 3.63) is 35.9 Å². The Morgan fingerprint density at radius 1 is 0.652 bits per heavy atom. The predicted octanol–water partition coefficient (Wildman–Crippen LogP) is 5.70. The zero-order valence-corrected chi connectivity index (χ0v) is 15.2. The zero-order valence-electron chi connectivity index (χ0n) is 14.3. The van der Waals surface area contributed by atoms with Crippen LogP contribution < -0.4 is 0 Å². The third-order valence-electron chi connectivity index (χ3n) is 4.26. The van der Waals surface area contributed by atoms with Crippen LogP contribution >= 0.6 is 7.60 Å². The highest BCUT2D eigenvalue weighted by Gasteiger charge is 2.10. The number of hydrogen-bond donors (Lipinski definition) is 2. The third-order valence-corrected chi connectivity index (χ3v) is 5.16. The molecule has 132 valence electrons. The monoisotopic (exact) mass is 340 g/mol. The van der Waals surface area contributed by atoms with E-state index in [9.17, 15) is 4.57 Å². The first kappa shape index (κ1) is 20.4. The van der Waals surface area contributed by atoms with Gasteiger partial charge in [0.25, 0.3) is 0 Å². The molecule has 1 aromatic carbocycles. The van der Waals surface area contributed by atoms with Crippen molar-refractivity contribution >= 4 is 7.60 Å². The Bertz CT molecular complexity index is 428. The van der Waals surface area contributed by atoms with Crippen molar-refractivity contribution < 1.29 is 14.4 Å². The van der Waals surface area contributed by atoms with E-state index in [0.29, 0.717) is 6.42 Å². The molecular formula is C19H33O3P. The summed E-state index contributed by atoms with van der Waals surface area (Å²) in [6.45, 7) is 0. The van der Waals surface area contributed by atoms with Gasteiger partial charge in [-0.1, -0.05) is 88.1 Å². The van der Waals surface area contributed by atoms with Crippen molar-refractivity contribution in [3.8, 4) is 0 Å². The molecule has 0 atom stereocenters. The molecule has 23 heavy (non-hydrogen) atoms. The van der Waals surface area contributed by atoms with Crippen LogP contribution in [-0.2, 0) is 11.0 Å². The highest BCUT2D eigenvalue weighted by Crippen LogP contribution is 2.35. The van der Waals surface area contributed by atoms with Gasteiger partial charge in [-0.05, 0) is 24.8 Å². The average molecular weight is 340 g/mol. The number of aryl methyl sites for hydroxylation is 1. The number of rotatable bonds is 14. The largest absolute Gasteiger partial charge is 0.325 e. The normalized spacial score (nSPS) is 11.7. The van der Waals surface area contributed by atoms with E-state index in [1.165, 1.54) is 63.4 Å². The number of hydrogen-bond acceptors (Lipinski definition) is 1. The van der Waals surface area contributed by atoms with Gasteiger partial charge in [-0.25, -0.2) is 0 Å². The molecule has 0 aliphatic carbocycles. The van der Waals surface area contributed by atoms with E-state index < -0.39 is 7.60 Å². The van der Waals surface area contributed by atoms with Crippen LogP contribution in [0.5, 0.6) is 0 Å². The second-order valence-electron chi connectivity index (χ2n) is 6.51. The Hall–Kier alpha value is -0.630. The predicted molar refractivity (Wildman–Crippen MR) is 97.8 cm³/mol. The highest BCUT2D eigenvalue weighted by molar-refractivity contribution is 7.51. The summed E-state index contributed by atoms with van der Waals surface area (Å²) in [5.41, 5.74) is 1.45. The molecule has 2 N–H and O–H groups in total. The molecule has 0 aliphatic heterocycles. The molecule has 0 bridgehead atoms. The molecule has 1 aromatic rings. The minimum Gasteiger partial charge on any atom is -0.324 e. The molecule has 0 heterocycles. The van der Waals surface area contributed by atoms with E-state index in [4.69, 9.17) is 9.79 Å². The smallest absolute Gasteiger partial charge is 0.324 e. The van der Waals surface area contributed by atoms with Gasteiger partial charge < -0.3 is 9.79 Å². The Balaban J connectivity index is 1.77. The van der Waals surface area contributed by atoms with Crippen molar-refractivity contribution in [1.82, 2.24) is 0 Å². The van der Waals surface area contributed by atoms with Crippen LogP contribution in [0.15, 0.2) is 30.3 Å². The van der Waals surface area contributed by atoms with E-state index in [0.717, 1.165) is 12.8 Å². The first-order valence-electron chi connectivity index (χ1n) is 9.16. The molecule has 0 unspecified atom stereocenters.